The Morgan fingerprint density at radius 2 is 2.12 bits per heavy atom. The molecule has 32 heavy (non-hydrogen) atoms. The molecule has 1 aliphatic carbocycles. The highest BCUT2D eigenvalue weighted by Crippen LogP contribution is 2.44. The predicted octanol–water partition coefficient (Wildman–Crippen LogP) is 5.34. The lowest BCUT2D eigenvalue weighted by Crippen LogP contribution is -2.38. The molecule has 1 fully saturated rings. The van der Waals surface area contributed by atoms with Gasteiger partial charge in [-0.1, -0.05) is 6.08 Å². The number of halogens is 1. The van der Waals surface area contributed by atoms with E-state index in [4.69, 9.17) is 14.6 Å². The number of rotatable bonds is 7. The highest BCUT2D eigenvalue weighted by molar-refractivity contribution is 14.2. The first-order chi connectivity index (χ1) is 15.1. The van der Waals surface area contributed by atoms with Crippen LogP contribution in [0.15, 0.2) is 12.3 Å². The third-order valence-electron chi connectivity index (χ3n) is 6.25. The number of allylic oxidation sites excluding steroid dienone is 2. The van der Waals surface area contributed by atoms with Gasteiger partial charge in [-0.3, -0.25) is 0 Å². The molecule has 3 rings (SSSR count). The summed E-state index contributed by atoms with van der Waals surface area (Å²) in [7, 11) is 3.89. The van der Waals surface area contributed by atoms with Crippen molar-refractivity contribution < 1.29 is 14.3 Å². The molecular weight excluding hydrogens is 538 g/mol. The molecule has 0 N–H and O–H groups in total. The molecule has 2 unspecified atom stereocenters. The fourth-order valence-electron chi connectivity index (χ4n) is 4.39. The molecule has 1 aromatic heterocycles. The van der Waals surface area contributed by atoms with E-state index in [0.29, 0.717) is 18.3 Å². The quantitative estimate of drug-likeness (QED) is 0.324. The van der Waals surface area contributed by atoms with Gasteiger partial charge < -0.3 is 19.3 Å². The highest BCUT2D eigenvalue weighted by atomic mass is 127. The van der Waals surface area contributed by atoms with Gasteiger partial charge in [0.15, 0.2) is 0 Å². The molecular formula is C23H38IN4O3P. The van der Waals surface area contributed by atoms with Gasteiger partial charge in [0.05, 0.1) is 18.7 Å². The number of nitrogens with zero attached hydrogens (tertiary/aromatic N) is 4. The van der Waals surface area contributed by atoms with Crippen LogP contribution in [0.2, 0.25) is 0 Å². The molecule has 1 aromatic rings. The first kappa shape index (κ1) is 25.9. The average Bonchev–Trinajstić information content (AvgIpc) is 3.14. The van der Waals surface area contributed by atoms with Crippen molar-refractivity contribution in [1.82, 2.24) is 19.4 Å². The fraction of sp³-hybridized carbons (Fsp3) is 0.739. The van der Waals surface area contributed by atoms with Crippen LogP contribution in [0.5, 0.6) is 0 Å². The second kappa shape index (κ2) is 11.2. The number of carbonyl (C=O) groups is 1. The maximum Gasteiger partial charge on any atom is 0.410 e. The summed E-state index contributed by atoms with van der Waals surface area (Å²) in [5, 5.41) is 4.91. The number of hydrogen-bond acceptors (Lipinski definition) is 5. The van der Waals surface area contributed by atoms with E-state index in [1.54, 1.807) is 11.9 Å². The van der Waals surface area contributed by atoms with Crippen molar-refractivity contribution in [2.45, 2.75) is 65.0 Å². The predicted molar refractivity (Wildman–Crippen MR) is 139 cm³/mol. The van der Waals surface area contributed by atoms with Crippen molar-refractivity contribution in [3.05, 3.63) is 23.5 Å². The molecule has 1 spiro atoms. The van der Waals surface area contributed by atoms with Crippen molar-refractivity contribution in [2.75, 3.05) is 40.4 Å². The Morgan fingerprint density at radius 3 is 2.72 bits per heavy atom. The number of amides is 1. The Bertz CT molecular complexity index is 815. The molecule has 0 bridgehead atoms. The van der Waals surface area contributed by atoms with Crippen molar-refractivity contribution in [2.24, 2.45) is 5.41 Å². The van der Waals surface area contributed by atoms with E-state index in [0.717, 1.165) is 44.8 Å². The maximum atomic E-state index is 12.2. The summed E-state index contributed by atoms with van der Waals surface area (Å²) in [5.74, 6) is 0. The third kappa shape index (κ3) is 7.15. The molecule has 180 valence electrons. The van der Waals surface area contributed by atoms with Crippen LogP contribution in [0.25, 0.3) is 5.57 Å². The highest BCUT2D eigenvalue weighted by Gasteiger charge is 2.35. The van der Waals surface area contributed by atoms with Crippen LogP contribution in [0.1, 0.15) is 64.1 Å². The summed E-state index contributed by atoms with van der Waals surface area (Å²) in [6, 6.07) is 0. The lowest BCUT2D eigenvalue weighted by Gasteiger charge is -2.39. The molecule has 0 radical (unpaired) electrons. The topological polar surface area (TPSA) is 59.8 Å². The summed E-state index contributed by atoms with van der Waals surface area (Å²) in [4.78, 5) is 16.1. The van der Waals surface area contributed by atoms with Gasteiger partial charge in [0.2, 0.25) is 0 Å². The molecule has 2 heterocycles. The molecule has 1 aliphatic heterocycles. The summed E-state index contributed by atoms with van der Waals surface area (Å²) >= 11 is 2.38. The van der Waals surface area contributed by atoms with Crippen LogP contribution in [0.4, 0.5) is 4.79 Å². The molecule has 7 nitrogen and oxygen atoms in total. The number of likely N-dealkylation sites (N-methyl/N-ethyl adjacent to an activating group) is 2. The third-order valence-corrected chi connectivity index (χ3v) is 8.14. The van der Waals surface area contributed by atoms with Crippen LogP contribution < -0.4 is 0 Å². The van der Waals surface area contributed by atoms with Gasteiger partial charge in [0.25, 0.3) is 0 Å². The monoisotopic (exact) mass is 576 g/mol. The zero-order chi connectivity index (χ0) is 23.4. The summed E-state index contributed by atoms with van der Waals surface area (Å²) in [6.07, 6.45) is 10.7. The van der Waals surface area contributed by atoms with Gasteiger partial charge in [-0.05, 0) is 93.0 Å². The van der Waals surface area contributed by atoms with E-state index in [1.165, 1.54) is 30.4 Å². The number of aromatic nitrogens is 2. The molecule has 2 aliphatic rings. The van der Waals surface area contributed by atoms with Gasteiger partial charge in [0, 0.05) is 45.0 Å². The van der Waals surface area contributed by atoms with E-state index in [1.807, 2.05) is 20.8 Å². The molecule has 2 atom stereocenters. The lowest BCUT2D eigenvalue weighted by atomic mass is 9.71. The van der Waals surface area contributed by atoms with Gasteiger partial charge >= 0.3 is 6.09 Å². The van der Waals surface area contributed by atoms with Gasteiger partial charge in [-0.25, -0.2) is 9.25 Å². The Labute approximate surface area is 207 Å². The Balaban J connectivity index is 1.61. The van der Waals surface area contributed by atoms with E-state index >= 15 is 0 Å². The minimum Gasteiger partial charge on any atom is -0.444 e. The zero-order valence-corrected chi connectivity index (χ0v) is 23.3. The number of hydrogen-bond donors (Lipinski definition) is 0. The standard InChI is InChI=1S/C23H38IN4O3P/c1-22(2,3)31-21(29)27(5)13-12-26(4)15-19-16-28(32-24)25-20(19)18-7-10-23(11-8-18)9-6-14-30-17-23/h7,16,32H,6,8-15,17H2,1-5H3. The van der Waals surface area contributed by atoms with Gasteiger partial charge in [-0.15, -0.1) is 0 Å². The van der Waals surface area contributed by atoms with E-state index < -0.39 is 5.60 Å². The number of ether oxygens (including phenoxy) is 2. The molecule has 0 saturated carbocycles. The van der Waals surface area contributed by atoms with Crippen LogP contribution in [0.3, 0.4) is 0 Å². The van der Waals surface area contributed by atoms with Crippen molar-refractivity contribution in [3.63, 3.8) is 0 Å². The molecule has 9 heteroatoms. The Morgan fingerprint density at radius 1 is 1.34 bits per heavy atom. The smallest absolute Gasteiger partial charge is 0.410 e. The molecule has 1 saturated heterocycles. The largest absolute Gasteiger partial charge is 0.444 e. The molecule has 1 amide bonds. The summed E-state index contributed by atoms with van der Waals surface area (Å²) in [5.41, 5.74) is 3.66. The second-order valence-corrected chi connectivity index (χ2v) is 12.3. The van der Waals surface area contributed by atoms with Crippen LogP contribution >= 0.6 is 28.4 Å². The zero-order valence-electron chi connectivity index (χ0n) is 20.1. The maximum absolute atomic E-state index is 12.2. The molecule has 0 aromatic carbocycles. The fourth-order valence-corrected chi connectivity index (χ4v) is 5.47. The van der Waals surface area contributed by atoms with Crippen molar-refractivity contribution in [3.8, 4) is 0 Å². The minimum atomic E-state index is -0.475. The number of carbonyl (C=O) groups excluding carboxylic acids is 1. The van der Waals surface area contributed by atoms with Gasteiger partial charge in [-0.2, -0.15) is 5.10 Å². The van der Waals surface area contributed by atoms with Gasteiger partial charge in [0.1, 0.15) is 5.60 Å². The van der Waals surface area contributed by atoms with E-state index in [-0.39, 0.29) is 6.09 Å². The Hall–Kier alpha value is -0.700. The van der Waals surface area contributed by atoms with Crippen molar-refractivity contribution >= 4 is 40.1 Å². The van der Waals surface area contributed by atoms with E-state index in [9.17, 15) is 4.79 Å². The van der Waals surface area contributed by atoms with Crippen molar-refractivity contribution in [1.29, 1.82) is 0 Å². The summed E-state index contributed by atoms with van der Waals surface area (Å²) in [6.45, 7) is 9.69. The lowest BCUT2D eigenvalue weighted by molar-refractivity contribution is -0.0119. The average molecular weight is 576 g/mol. The van der Waals surface area contributed by atoms with Crippen LogP contribution in [-0.4, -0.2) is 71.4 Å². The minimum absolute atomic E-state index is 0.279. The summed E-state index contributed by atoms with van der Waals surface area (Å²) < 4.78 is 13.3. The SMILES string of the molecule is CN(CCN(C)C(=O)OC(C)(C)C)Cc1cn(PI)nc1C1=CCC2(CCCOC2)CC1. The van der Waals surface area contributed by atoms with Crippen LogP contribution in [0, 0.1) is 5.41 Å². The first-order valence-electron chi connectivity index (χ1n) is 11.5. The second-order valence-electron chi connectivity index (χ2n) is 10.3. The van der Waals surface area contributed by atoms with Crippen LogP contribution in [-0.2, 0) is 16.0 Å². The first-order valence-corrected chi connectivity index (χ1v) is 15.5. The Kier molecular flexibility index (Phi) is 9.03. The van der Waals surface area contributed by atoms with E-state index in [2.05, 4.69) is 50.7 Å². The normalized spacial score (nSPS) is 22.0.